The number of nitrogens with zero attached hydrogens (tertiary/aromatic N) is 1. The Morgan fingerprint density at radius 1 is 1.41 bits per heavy atom. The van der Waals surface area contributed by atoms with Crippen molar-refractivity contribution in [3.05, 3.63) is 29.8 Å². The van der Waals surface area contributed by atoms with E-state index in [4.69, 9.17) is 4.74 Å². The Labute approximate surface area is 102 Å². The van der Waals surface area contributed by atoms with E-state index >= 15 is 0 Å². The van der Waals surface area contributed by atoms with Gasteiger partial charge in [0.1, 0.15) is 5.75 Å². The van der Waals surface area contributed by atoms with E-state index in [2.05, 4.69) is 10.5 Å². The molecule has 1 aromatic carbocycles. The minimum absolute atomic E-state index is 0.118. The first kappa shape index (κ1) is 13.2. The van der Waals surface area contributed by atoms with Crippen LogP contribution in [0.2, 0.25) is 0 Å². The van der Waals surface area contributed by atoms with Crippen molar-refractivity contribution in [2.45, 2.75) is 20.3 Å². The highest BCUT2D eigenvalue weighted by molar-refractivity contribution is 5.79. The number of ether oxygens (including phenoxy) is 1. The third-order valence-electron chi connectivity index (χ3n) is 2.09. The molecule has 0 heterocycles. The van der Waals surface area contributed by atoms with Gasteiger partial charge >= 0.3 is 0 Å². The second-order valence-corrected chi connectivity index (χ2v) is 4.08. The SMILES string of the molecule is COc1ccc(CC(=O)NN=CC(C)C)cc1. The van der Waals surface area contributed by atoms with Gasteiger partial charge in [0.2, 0.25) is 5.91 Å². The monoisotopic (exact) mass is 234 g/mol. The number of carbonyl (C=O) groups excluding carboxylic acids is 1. The highest BCUT2D eigenvalue weighted by Crippen LogP contribution is 2.11. The highest BCUT2D eigenvalue weighted by Gasteiger charge is 2.02. The number of methoxy groups -OCH3 is 1. The summed E-state index contributed by atoms with van der Waals surface area (Å²) in [5.74, 6) is 0.996. The Morgan fingerprint density at radius 3 is 2.59 bits per heavy atom. The number of benzene rings is 1. The Balaban J connectivity index is 2.45. The molecule has 0 saturated heterocycles. The van der Waals surface area contributed by atoms with Crippen molar-refractivity contribution in [2.24, 2.45) is 11.0 Å². The number of hydrogen-bond acceptors (Lipinski definition) is 3. The summed E-state index contributed by atoms with van der Waals surface area (Å²) in [6, 6.07) is 7.40. The minimum atomic E-state index is -0.118. The Bertz CT molecular complexity index is 383. The Kier molecular flexibility index (Phi) is 5.20. The molecular weight excluding hydrogens is 216 g/mol. The third-order valence-corrected chi connectivity index (χ3v) is 2.09. The van der Waals surface area contributed by atoms with Crippen LogP contribution in [0.5, 0.6) is 5.75 Å². The van der Waals surface area contributed by atoms with Crippen LogP contribution < -0.4 is 10.2 Å². The molecule has 92 valence electrons. The molecule has 0 aliphatic rings. The molecule has 0 spiro atoms. The summed E-state index contributed by atoms with van der Waals surface area (Å²) in [7, 11) is 1.61. The van der Waals surface area contributed by atoms with Crippen molar-refractivity contribution in [3.63, 3.8) is 0 Å². The van der Waals surface area contributed by atoms with Gasteiger partial charge in [0.25, 0.3) is 0 Å². The molecule has 0 unspecified atom stereocenters. The van der Waals surface area contributed by atoms with E-state index in [0.29, 0.717) is 12.3 Å². The zero-order valence-corrected chi connectivity index (χ0v) is 10.4. The molecule has 1 N–H and O–H groups in total. The first-order valence-electron chi connectivity index (χ1n) is 5.56. The van der Waals surface area contributed by atoms with Crippen LogP contribution in [-0.2, 0) is 11.2 Å². The molecule has 0 bridgehead atoms. The number of hydrogen-bond donors (Lipinski definition) is 1. The van der Waals surface area contributed by atoms with E-state index in [0.717, 1.165) is 11.3 Å². The Morgan fingerprint density at radius 2 is 2.06 bits per heavy atom. The maximum Gasteiger partial charge on any atom is 0.244 e. The summed E-state index contributed by atoms with van der Waals surface area (Å²) in [4.78, 5) is 11.5. The second-order valence-electron chi connectivity index (χ2n) is 4.08. The fraction of sp³-hybridized carbons (Fsp3) is 0.385. The number of carbonyl (C=O) groups is 1. The van der Waals surface area contributed by atoms with E-state index in [1.165, 1.54) is 0 Å². The van der Waals surface area contributed by atoms with E-state index < -0.39 is 0 Å². The first-order chi connectivity index (χ1) is 8.11. The van der Waals surface area contributed by atoms with Crippen molar-refractivity contribution < 1.29 is 9.53 Å². The van der Waals surface area contributed by atoms with Gasteiger partial charge in [0.15, 0.2) is 0 Å². The summed E-state index contributed by atoms with van der Waals surface area (Å²) < 4.78 is 5.04. The van der Waals surface area contributed by atoms with Gasteiger partial charge < -0.3 is 4.74 Å². The lowest BCUT2D eigenvalue weighted by Gasteiger charge is -2.03. The normalized spacial score (nSPS) is 10.8. The van der Waals surface area contributed by atoms with Crippen LogP contribution in [0.15, 0.2) is 29.4 Å². The summed E-state index contributed by atoms with van der Waals surface area (Å²) in [5, 5.41) is 3.85. The average molecular weight is 234 g/mol. The van der Waals surface area contributed by atoms with Crippen molar-refractivity contribution in [1.29, 1.82) is 0 Å². The van der Waals surface area contributed by atoms with Gasteiger partial charge in [-0.15, -0.1) is 0 Å². The topological polar surface area (TPSA) is 50.7 Å². The quantitative estimate of drug-likeness (QED) is 0.625. The average Bonchev–Trinajstić information content (AvgIpc) is 2.29. The van der Waals surface area contributed by atoms with E-state index in [1.807, 2.05) is 38.1 Å². The van der Waals surface area contributed by atoms with E-state index in [-0.39, 0.29) is 5.91 Å². The molecule has 4 nitrogen and oxygen atoms in total. The zero-order valence-electron chi connectivity index (χ0n) is 10.4. The van der Waals surface area contributed by atoms with Gasteiger partial charge in [-0.3, -0.25) is 4.79 Å². The molecule has 0 aliphatic heterocycles. The van der Waals surface area contributed by atoms with Gasteiger partial charge in [-0.2, -0.15) is 5.10 Å². The van der Waals surface area contributed by atoms with Crippen molar-refractivity contribution in [2.75, 3.05) is 7.11 Å². The van der Waals surface area contributed by atoms with Crippen LogP contribution in [0, 0.1) is 5.92 Å². The van der Waals surface area contributed by atoms with Crippen LogP contribution in [0.3, 0.4) is 0 Å². The van der Waals surface area contributed by atoms with Gasteiger partial charge in [0.05, 0.1) is 13.5 Å². The lowest BCUT2D eigenvalue weighted by Crippen LogP contribution is -2.20. The largest absolute Gasteiger partial charge is 0.497 e. The summed E-state index contributed by atoms with van der Waals surface area (Å²) >= 11 is 0. The van der Waals surface area contributed by atoms with Crippen LogP contribution in [0.4, 0.5) is 0 Å². The predicted molar refractivity (Wildman–Crippen MR) is 68.2 cm³/mol. The maximum atomic E-state index is 11.5. The standard InChI is InChI=1S/C13H18N2O2/c1-10(2)9-14-15-13(16)8-11-4-6-12(17-3)7-5-11/h4-7,9-10H,8H2,1-3H3,(H,15,16). The van der Waals surface area contributed by atoms with E-state index in [9.17, 15) is 4.79 Å². The fourth-order valence-corrected chi connectivity index (χ4v) is 1.23. The third kappa shape index (κ3) is 5.15. The van der Waals surface area contributed by atoms with Gasteiger partial charge in [0, 0.05) is 6.21 Å². The summed E-state index contributed by atoms with van der Waals surface area (Å²) in [6.07, 6.45) is 2.02. The molecule has 0 radical (unpaired) electrons. The lowest BCUT2D eigenvalue weighted by molar-refractivity contribution is -0.120. The van der Waals surface area contributed by atoms with Crippen LogP contribution in [0.1, 0.15) is 19.4 Å². The molecule has 0 atom stereocenters. The van der Waals surface area contributed by atoms with Crippen LogP contribution in [-0.4, -0.2) is 19.2 Å². The van der Waals surface area contributed by atoms with Gasteiger partial charge in [-0.05, 0) is 23.6 Å². The van der Waals surface area contributed by atoms with Gasteiger partial charge in [-0.1, -0.05) is 26.0 Å². The van der Waals surface area contributed by atoms with Crippen LogP contribution in [0.25, 0.3) is 0 Å². The fourth-order valence-electron chi connectivity index (χ4n) is 1.23. The molecule has 1 aromatic rings. The van der Waals surface area contributed by atoms with Crippen molar-refractivity contribution >= 4 is 12.1 Å². The number of rotatable bonds is 5. The van der Waals surface area contributed by atoms with E-state index in [1.54, 1.807) is 13.3 Å². The zero-order chi connectivity index (χ0) is 12.7. The smallest absolute Gasteiger partial charge is 0.244 e. The predicted octanol–water partition coefficient (Wildman–Crippen LogP) is 2.00. The molecule has 0 fully saturated rings. The summed E-state index contributed by atoms with van der Waals surface area (Å²) in [5.41, 5.74) is 3.42. The lowest BCUT2D eigenvalue weighted by atomic mass is 10.1. The molecule has 0 saturated carbocycles. The molecule has 0 aliphatic carbocycles. The molecular formula is C13H18N2O2. The van der Waals surface area contributed by atoms with Crippen LogP contribution >= 0.6 is 0 Å². The summed E-state index contributed by atoms with van der Waals surface area (Å²) in [6.45, 7) is 4.00. The van der Waals surface area contributed by atoms with Crippen molar-refractivity contribution in [1.82, 2.24) is 5.43 Å². The Hall–Kier alpha value is -1.84. The number of amides is 1. The number of hydrazone groups is 1. The second kappa shape index (κ2) is 6.68. The highest BCUT2D eigenvalue weighted by atomic mass is 16.5. The minimum Gasteiger partial charge on any atom is -0.497 e. The maximum absolute atomic E-state index is 11.5. The molecule has 4 heteroatoms. The molecule has 0 aromatic heterocycles. The van der Waals surface area contributed by atoms with Gasteiger partial charge in [-0.25, -0.2) is 5.43 Å². The molecule has 17 heavy (non-hydrogen) atoms. The molecule has 1 rings (SSSR count). The first-order valence-corrected chi connectivity index (χ1v) is 5.56. The van der Waals surface area contributed by atoms with Crippen molar-refractivity contribution in [3.8, 4) is 5.75 Å². The molecule has 1 amide bonds. The number of nitrogens with one attached hydrogen (secondary N) is 1.